The van der Waals surface area contributed by atoms with Gasteiger partial charge in [-0.3, -0.25) is 4.57 Å². The molecule has 4 aromatic heterocycles. The Morgan fingerprint density at radius 1 is 0.193 bits per heavy atom. The molecule has 0 saturated heterocycles. The molecule has 9 nitrogen and oxygen atoms in total. The summed E-state index contributed by atoms with van der Waals surface area (Å²) < 4.78 is 47.8. The van der Waals surface area contributed by atoms with Gasteiger partial charge in [0.25, 0.3) is 0 Å². The number of hydrogen-bond acceptors (Lipinski definition) is 6. The van der Waals surface area contributed by atoms with Crippen LogP contribution in [0.1, 0.15) is 6.85 Å². The van der Waals surface area contributed by atoms with Crippen LogP contribution in [-0.4, -0.2) is 28.7 Å². The summed E-state index contributed by atoms with van der Waals surface area (Å²) in [5, 5.41) is 17.3. The molecule has 0 unspecified atom stereocenters. The molecular formula is C105H75N9. The molecule has 17 aromatic carbocycles. The van der Waals surface area contributed by atoms with Gasteiger partial charge in [0, 0.05) is 88.9 Å². The fourth-order valence-corrected chi connectivity index (χ4v) is 15.3. The summed E-state index contributed by atoms with van der Waals surface area (Å²) in [5.41, 5.74) is 24.6. The lowest BCUT2D eigenvalue weighted by atomic mass is 10.0. The topological polar surface area (TPSA) is 89.6 Å². The highest BCUT2D eigenvalue weighted by atomic mass is 15.2. The molecule has 21 aromatic rings. The number of anilines is 6. The Balaban J connectivity index is 0.000000119. The van der Waals surface area contributed by atoms with E-state index in [9.17, 15) is 0 Å². The van der Waals surface area contributed by atoms with E-state index in [0.29, 0.717) is 17.6 Å². The second-order valence-corrected chi connectivity index (χ2v) is 27.9. The van der Waals surface area contributed by atoms with E-state index in [1.807, 2.05) is 146 Å². The van der Waals surface area contributed by atoms with Gasteiger partial charge in [-0.05, 0) is 172 Å². The first-order valence-electron chi connectivity index (χ1n) is 40.5. The van der Waals surface area contributed by atoms with Gasteiger partial charge in [0.2, 0.25) is 5.95 Å². The Kier molecular flexibility index (Phi) is 17.4. The van der Waals surface area contributed by atoms with E-state index < -0.39 is 6.04 Å². The third-order valence-corrected chi connectivity index (χ3v) is 20.6. The van der Waals surface area contributed by atoms with Gasteiger partial charge >= 0.3 is 0 Å². The van der Waals surface area contributed by atoms with Gasteiger partial charge in [0.1, 0.15) is 0 Å². The minimum atomic E-state index is -0.402. The van der Waals surface area contributed by atoms with Gasteiger partial charge < -0.3 is 25.1 Å². The van der Waals surface area contributed by atoms with Crippen molar-refractivity contribution in [1.82, 2.24) is 28.7 Å². The van der Waals surface area contributed by atoms with Crippen molar-refractivity contribution in [3.05, 3.63) is 437 Å². The SMILES string of the molecule is [2H]c1c([2H])c([2H])c(-n2c3ccccc3c3ccc(Nc4ccc(-c5ccccc5)cc4)cc32)c([2H])c1[2H].c1ccc(-c2ccc(Nc3ccc4c(c3)c3ccccc3n4-c3nc(-c4ccccc4)nc(-c4ccccc4)n3)cc2)cc1.c1ccc(-c2cccc(Nc3cccc(-c4ccc5c6ccccc6n(-c6ccccc6)c5c4)c3)c2)cc1. The predicted octanol–water partition coefficient (Wildman–Crippen LogP) is 27.8. The van der Waals surface area contributed by atoms with Crippen LogP contribution in [0.15, 0.2) is 437 Å². The van der Waals surface area contributed by atoms with Gasteiger partial charge in [-0.25, -0.2) is 4.98 Å². The number of nitrogens with zero attached hydrogens (tertiary/aromatic N) is 6. The third-order valence-electron chi connectivity index (χ3n) is 20.6. The molecule has 0 amide bonds. The molecule has 0 bridgehead atoms. The Morgan fingerprint density at radius 3 is 1.04 bits per heavy atom. The predicted molar refractivity (Wildman–Crippen MR) is 478 cm³/mol. The summed E-state index contributed by atoms with van der Waals surface area (Å²) in [6.45, 7) is 0. The number of rotatable bonds is 15. The second-order valence-electron chi connectivity index (χ2n) is 27.9. The lowest BCUT2D eigenvalue weighted by Crippen LogP contribution is -2.06. The minimum absolute atomic E-state index is 0.140. The monoisotopic (exact) mass is 1470 g/mol. The Labute approximate surface area is 668 Å². The fraction of sp³-hybridized carbons (Fsp3) is 0. The smallest absolute Gasteiger partial charge is 0.238 e. The van der Waals surface area contributed by atoms with Crippen molar-refractivity contribution in [2.24, 2.45) is 0 Å². The molecule has 9 heteroatoms. The van der Waals surface area contributed by atoms with Crippen molar-refractivity contribution in [2.45, 2.75) is 0 Å². The summed E-state index contributed by atoms with van der Waals surface area (Å²) in [6.07, 6.45) is 0. The summed E-state index contributed by atoms with van der Waals surface area (Å²) in [4.78, 5) is 14.9. The maximum atomic E-state index is 8.58. The number of aromatic nitrogens is 6. The highest BCUT2D eigenvalue weighted by Gasteiger charge is 2.20. The largest absolute Gasteiger partial charge is 0.356 e. The van der Waals surface area contributed by atoms with E-state index in [2.05, 4.69) is 286 Å². The van der Waals surface area contributed by atoms with Crippen LogP contribution in [0.2, 0.25) is 0 Å². The van der Waals surface area contributed by atoms with Gasteiger partial charge in [0.05, 0.1) is 40.0 Å². The maximum absolute atomic E-state index is 8.58. The molecule has 4 heterocycles. The summed E-state index contributed by atoms with van der Waals surface area (Å²) in [7, 11) is 0. The molecule has 0 saturated carbocycles. The van der Waals surface area contributed by atoms with E-state index >= 15 is 0 Å². The molecular weight excluding hydrogens is 1390 g/mol. The zero-order valence-corrected chi connectivity index (χ0v) is 61.9. The molecule has 3 N–H and O–H groups in total. The summed E-state index contributed by atoms with van der Waals surface area (Å²) in [6, 6.07) is 138. The average molecular weight is 1470 g/mol. The van der Waals surface area contributed by atoms with E-state index in [1.165, 1.54) is 60.9 Å². The van der Waals surface area contributed by atoms with Gasteiger partial charge in [0.15, 0.2) is 11.6 Å². The van der Waals surface area contributed by atoms with Crippen molar-refractivity contribution in [3.63, 3.8) is 0 Å². The van der Waals surface area contributed by atoms with Crippen molar-refractivity contribution in [2.75, 3.05) is 16.0 Å². The minimum Gasteiger partial charge on any atom is -0.356 e. The van der Waals surface area contributed by atoms with Crippen LogP contribution >= 0.6 is 0 Å². The number of nitrogens with one attached hydrogen (secondary N) is 3. The van der Waals surface area contributed by atoms with Crippen LogP contribution in [0.25, 0.3) is 150 Å². The van der Waals surface area contributed by atoms with Crippen LogP contribution < -0.4 is 16.0 Å². The summed E-state index contributed by atoms with van der Waals surface area (Å²) >= 11 is 0. The highest BCUT2D eigenvalue weighted by Crippen LogP contribution is 2.40. The van der Waals surface area contributed by atoms with Gasteiger partial charge in [-0.1, -0.05) is 309 Å². The van der Waals surface area contributed by atoms with Crippen molar-refractivity contribution in [1.29, 1.82) is 0 Å². The van der Waals surface area contributed by atoms with Crippen LogP contribution in [0.4, 0.5) is 34.1 Å². The molecule has 540 valence electrons. The first-order valence-corrected chi connectivity index (χ1v) is 38.0. The first kappa shape index (κ1) is 63.5. The zero-order chi connectivity index (χ0) is 80.3. The normalized spacial score (nSPS) is 11.8. The lowest BCUT2D eigenvalue weighted by Gasteiger charge is -2.11. The Morgan fingerprint density at radius 2 is 0.518 bits per heavy atom. The van der Waals surface area contributed by atoms with Crippen molar-refractivity contribution in [3.8, 4) is 84.6 Å². The van der Waals surface area contributed by atoms with Crippen LogP contribution in [0, 0.1) is 0 Å². The van der Waals surface area contributed by atoms with Crippen molar-refractivity contribution < 1.29 is 6.85 Å². The van der Waals surface area contributed by atoms with Gasteiger partial charge in [-0.2, -0.15) is 9.97 Å². The molecule has 114 heavy (non-hydrogen) atoms. The van der Waals surface area contributed by atoms with Crippen molar-refractivity contribution >= 4 is 99.5 Å². The van der Waals surface area contributed by atoms with Crippen LogP contribution in [-0.2, 0) is 0 Å². The Hall–Kier alpha value is -15.5. The first-order chi connectivity index (χ1) is 58.6. The lowest BCUT2D eigenvalue weighted by molar-refractivity contribution is 0.953. The molecule has 21 rings (SSSR count). The quantitative estimate of drug-likeness (QED) is 0.0948. The maximum Gasteiger partial charge on any atom is 0.238 e. The highest BCUT2D eigenvalue weighted by molar-refractivity contribution is 6.12. The Bertz CT molecular complexity index is 7200. The average Bonchev–Trinajstić information content (AvgIpc) is 1.59. The van der Waals surface area contributed by atoms with E-state index in [4.69, 9.17) is 21.8 Å². The van der Waals surface area contributed by atoms with E-state index in [-0.39, 0.29) is 29.9 Å². The van der Waals surface area contributed by atoms with E-state index in [1.54, 1.807) is 4.57 Å². The molecule has 0 aliphatic carbocycles. The van der Waals surface area contributed by atoms with Crippen LogP contribution in [0.3, 0.4) is 0 Å². The molecule has 0 fully saturated rings. The molecule has 0 atom stereocenters. The van der Waals surface area contributed by atoms with Gasteiger partial charge in [-0.15, -0.1) is 0 Å². The molecule has 0 aliphatic heterocycles. The molecule has 0 spiro atoms. The van der Waals surface area contributed by atoms with E-state index in [0.717, 1.165) is 100.0 Å². The zero-order valence-electron chi connectivity index (χ0n) is 66.9. The third kappa shape index (κ3) is 14.3. The number of hydrogen-bond donors (Lipinski definition) is 3. The number of fused-ring (bicyclic) bond motifs is 9. The van der Waals surface area contributed by atoms with Crippen LogP contribution in [0.5, 0.6) is 0 Å². The fourth-order valence-electron chi connectivity index (χ4n) is 15.3. The standard InChI is InChI=1S/C39H27N5.C36H26N2.C30H22N2/c1-4-12-27(13-5-1)28-20-22-31(23-21-28)40-32-24-25-36-34(26-32)33-18-10-11-19-35(33)44(36)39-42-37(29-14-6-2-7-15-29)41-38(43-39)30-16-8-3-9-17-30;1-3-11-26(12-4-1)27-13-9-15-30(23-27)37-31-16-10-14-28(24-31)29-21-22-34-33-19-7-8-20-35(33)38(36(34)25-29)32-17-5-2-6-18-32;1-3-9-22(10-4-1)23-15-17-24(18-16-23)31-25-19-20-28-27-13-7-8-14-29(27)32(30(28)21-25)26-11-5-2-6-12-26/h1-26,40H;1-25,37H;1-21,31H/i;;2D,5D,6D,11D,12D. The molecule has 0 aliphatic rings. The summed E-state index contributed by atoms with van der Waals surface area (Å²) in [5.74, 6) is 1.86. The number of benzene rings is 17. The number of para-hydroxylation sites is 5. The molecule has 0 radical (unpaired) electrons. The second kappa shape index (κ2) is 31.3.